The zero-order valence-electron chi connectivity index (χ0n) is 11.0. The van der Waals surface area contributed by atoms with Crippen LogP contribution in [0, 0.1) is 6.92 Å². The molecule has 6 nitrogen and oxygen atoms in total. The molecule has 0 bridgehead atoms. The molecule has 1 N–H and O–H groups in total. The first-order valence-corrected chi connectivity index (χ1v) is 6.50. The summed E-state index contributed by atoms with van der Waals surface area (Å²) < 4.78 is 7.03. The van der Waals surface area contributed by atoms with Gasteiger partial charge in [-0.15, -0.1) is 0 Å². The predicted octanol–water partition coefficient (Wildman–Crippen LogP) is 1.58. The fourth-order valence-corrected chi connectivity index (χ4v) is 2.20. The van der Waals surface area contributed by atoms with Crippen molar-refractivity contribution in [3.05, 3.63) is 29.7 Å². The van der Waals surface area contributed by atoms with Gasteiger partial charge in [-0.05, 0) is 19.8 Å². The lowest BCUT2D eigenvalue weighted by Gasteiger charge is -2.14. The van der Waals surface area contributed by atoms with E-state index in [2.05, 4.69) is 26.5 Å². The van der Waals surface area contributed by atoms with Gasteiger partial charge in [-0.1, -0.05) is 11.6 Å². The van der Waals surface area contributed by atoms with Crippen LogP contribution in [0.4, 0.5) is 5.82 Å². The molecule has 19 heavy (non-hydrogen) atoms. The largest absolute Gasteiger partial charge is 0.377 e. The first-order valence-electron chi connectivity index (χ1n) is 6.50. The molecular weight excluding hydrogens is 242 g/mol. The van der Waals surface area contributed by atoms with E-state index in [1.165, 1.54) is 11.9 Å². The monoisotopic (exact) mass is 259 g/mol. The zero-order valence-corrected chi connectivity index (χ0v) is 11.0. The summed E-state index contributed by atoms with van der Waals surface area (Å²) in [5.41, 5.74) is 2.40. The molecule has 3 rings (SSSR count). The van der Waals surface area contributed by atoms with Gasteiger partial charge in [0.05, 0.1) is 13.2 Å². The number of aromatic nitrogens is 4. The lowest BCUT2D eigenvalue weighted by Crippen LogP contribution is -2.11. The Bertz CT molecular complexity index is 604. The molecule has 0 aliphatic carbocycles. The molecule has 0 fully saturated rings. The van der Waals surface area contributed by atoms with Crippen molar-refractivity contribution in [1.82, 2.24) is 19.6 Å². The lowest BCUT2D eigenvalue weighted by atomic mass is 10.1. The van der Waals surface area contributed by atoms with Crippen LogP contribution in [-0.4, -0.2) is 39.3 Å². The van der Waals surface area contributed by atoms with Crippen molar-refractivity contribution in [2.24, 2.45) is 0 Å². The second-order valence-electron chi connectivity index (χ2n) is 4.62. The van der Waals surface area contributed by atoms with Gasteiger partial charge in [-0.2, -0.15) is 14.6 Å². The molecule has 0 amide bonds. The van der Waals surface area contributed by atoms with Crippen molar-refractivity contribution in [3.8, 4) is 0 Å². The van der Waals surface area contributed by atoms with E-state index in [0.29, 0.717) is 5.78 Å². The van der Waals surface area contributed by atoms with Crippen LogP contribution in [0.3, 0.4) is 0 Å². The Balaban J connectivity index is 1.68. The Hall–Kier alpha value is -1.95. The van der Waals surface area contributed by atoms with Crippen LogP contribution >= 0.6 is 0 Å². The molecule has 6 heteroatoms. The van der Waals surface area contributed by atoms with Crippen LogP contribution < -0.4 is 5.32 Å². The van der Waals surface area contributed by atoms with E-state index in [4.69, 9.17) is 4.74 Å². The summed E-state index contributed by atoms with van der Waals surface area (Å²) in [6, 6.07) is 1.99. The molecule has 0 spiro atoms. The summed E-state index contributed by atoms with van der Waals surface area (Å²) in [4.78, 5) is 8.43. The number of nitrogens with zero attached hydrogens (tertiary/aromatic N) is 4. The molecule has 0 unspecified atom stereocenters. The van der Waals surface area contributed by atoms with E-state index in [1.54, 1.807) is 4.52 Å². The van der Waals surface area contributed by atoms with E-state index < -0.39 is 0 Å². The SMILES string of the molecule is Cc1cc(NCCC2=CCOCC2)n2ncnc2n1. The minimum Gasteiger partial charge on any atom is -0.377 e. The van der Waals surface area contributed by atoms with Crippen molar-refractivity contribution < 1.29 is 4.74 Å². The van der Waals surface area contributed by atoms with Gasteiger partial charge in [-0.3, -0.25) is 0 Å². The molecule has 0 aromatic carbocycles. The van der Waals surface area contributed by atoms with Crippen molar-refractivity contribution >= 4 is 11.6 Å². The van der Waals surface area contributed by atoms with Crippen LogP contribution in [0.1, 0.15) is 18.5 Å². The molecule has 2 aromatic heterocycles. The smallest absolute Gasteiger partial charge is 0.254 e. The maximum Gasteiger partial charge on any atom is 0.254 e. The molecule has 0 atom stereocenters. The normalized spacial score (nSPS) is 15.5. The standard InChI is InChI=1S/C13H17N5O/c1-10-8-12(18-13(17-10)15-9-16-18)14-5-2-11-3-6-19-7-4-11/h3,8-9,14H,2,4-7H2,1H3. The predicted molar refractivity (Wildman–Crippen MR) is 72.1 cm³/mol. The Morgan fingerprint density at radius 3 is 3.26 bits per heavy atom. The highest BCUT2D eigenvalue weighted by Crippen LogP contribution is 2.14. The van der Waals surface area contributed by atoms with Crippen molar-refractivity contribution in [3.63, 3.8) is 0 Å². The molecule has 0 saturated carbocycles. The minimum absolute atomic E-state index is 0.632. The van der Waals surface area contributed by atoms with Gasteiger partial charge < -0.3 is 10.1 Å². The summed E-state index contributed by atoms with van der Waals surface area (Å²) in [5.74, 6) is 1.57. The maximum atomic E-state index is 5.30. The van der Waals surface area contributed by atoms with Crippen LogP contribution in [0.5, 0.6) is 0 Å². The fourth-order valence-electron chi connectivity index (χ4n) is 2.20. The van der Waals surface area contributed by atoms with E-state index in [0.717, 1.165) is 44.1 Å². The second kappa shape index (κ2) is 5.36. The van der Waals surface area contributed by atoms with E-state index >= 15 is 0 Å². The van der Waals surface area contributed by atoms with Gasteiger partial charge in [0, 0.05) is 18.3 Å². The van der Waals surface area contributed by atoms with Crippen LogP contribution in [0.2, 0.25) is 0 Å². The molecular formula is C13H17N5O. The Morgan fingerprint density at radius 2 is 2.42 bits per heavy atom. The number of aryl methyl sites for hydroxylation is 1. The van der Waals surface area contributed by atoms with Crippen LogP contribution in [0.25, 0.3) is 5.78 Å². The van der Waals surface area contributed by atoms with Crippen molar-refractivity contribution in [2.45, 2.75) is 19.8 Å². The molecule has 1 aliphatic rings. The van der Waals surface area contributed by atoms with Crippen LogP contribution in [0.15, 0.2) is 24.0 Å². The summed E-state index contributed by atoms with van der Waals surface area (Å²) in [6.45, 7) is 4.43. The highest BCUT2D eigenvalue weighted by atomic mass is 16.5. The van der Waals surface area contributed by atoms with Gasteiger partial charge in [-0.25, -0.2) is 4.98 Å². The molecule has 0 saturated heterocycles. The Morgan fingerprint density at radius 1 is 1.47 bits per heavy atom. The molecule has 2 aromatic rings. The van der Waals surface area contributed by atoms with E-state index in [9.17, 15) is 0 Å². The molecule has 0 radical (unpaired) electrons. The Kier molecular flexibility index (Phi) is 3.41. The van der Waals surface area contributed by atoms with Gasteiger partial charge in [0.2, 0.25) is 0 Å². The molecule has 3 heterocycles. The molecule has 100 valence electrons. The summed E-state index contributed by atoms with van der Waals surface area (Å²) in [6.07, 6.45) is 5.76. The summed E-state index contributed by atoms with van der Waals surface area (Å²) in [7, 11) is 0. The fraction of sp³-hybridized carbons (Fsp3) is 0.462. The summed E-state index contributed by atoms with van der Waals surface area (Å²) in [5, 5.41) is 7.57. The number of fused-ring (bicyclic) bond motifs is 1. The highest BCUT2D eigenvalue weighted by Gasteiger charge is 2.06. The highest BCUT2D eigenvalue weighted by molar-refractivity contribution is 5.44. The minimum atomic E-state index is 0.632. The number of nitrogens with one attached hydrogen (secondary N) is 1. The van der Waals surface area contributed by atoms with Gasteiger partial charge in [0.25, 0.3) is 5.78 Å². The first kappa shape index (κ1) is 12.1. The molecule has 1 aliphatic heterocycles. The zero-order chi connectivity index (χ0) is 13.1. The number of ether oxygens (including phenoxy) is 1. The lowest BCUT2D eigenvalue weighted by molar-refractivity contribution is 0.153. The number of hydrogen-bond acceptors (Lipinski definition) is 5. The van der Waals surface area contributed by atoms with Gasteiger partial charge >= 0.3 is 0 Å². The van der Waals surface area contributed by atoms with Gasteiger partial charge in [0.15, 0.2) is 0 Å². The third-order valence-electron chi connectivity index (χ3n) is 3.19. The van der Waals surface area contributed by atoms with E-state index in [-0.39, 0.29) is 0 Å². The summed E-state index contributed by atoms with van der Waals surface area (Å²) >= 11 is 0. The van der Waals surface area contributed by atoms with Gasteiger partial charge in [0.1, 0.15) is 12.1 Å². The van der Waals surface area contributed by atoms with Crippen LogP contribution in [-0.2, 0) is 4.74 Å². The second-order valence-corrected chi connectivity index (χ2v) is 4.62. The topological polar surface area (TPSA) is 64.3 Å². The van der Waals surface area contributed by atoms with Crippen molar-refractivity contribution in [2.75, 3.05) is 25.1 Å². The number of anilines is 1. The first-order chi connectivity index (χ1) is 9.33. The third-order valence-corrected chi connectivity index (χ3v) is 3.19. The van der Waals surface area contributed by atoms with E-state index in [1.807, 2.05) is 13.0 Å². The number of rotatable bonds is 4. The number of hydrogen-bond donors (Lipinski definition) is 1. The quantitative estimate of drug-likeness (QED) is 0.845. The van der Waals surface area contributed by atoms with Crippen molar-refractivity contribution in [1.29, 1.82) is 0 Å². The third kappa shape index (κ3) is 2.73. The average Bonchev–Trinajstić information content (AvgIpc) is 2.88. The Labute approximate surface area is 111 Å². The maximum absolute atomic E-state index is 5.30. The average molecular weight is 259 g/mol.